The number of hydrogen-bond acceptors (Lipinski definition) is 3. The molecular formula is C14H17NOS. The first kappa shape index (κ1) is 11.2. The van der Waals surface area contributed by atoms with Crippen molar-refractivity contribution < 1.29 is 5.11 Å². The van der Waals surface area contributed by atoms with E-state index >= 15 is 0 Å². The van der Waals surface area contributed by atoms with Gasteiger partial charge in [0.15, 0.2) is 0 Å². The molecule has 1 aliphatic rings. The smallest absolute Gasteiger partial charge is 0.0964 e. The lowest BCUT2D eigenvalue weighted by molar-refractivity contribution is 0.105. The number of rotatable bonds is 4. The van der Waals surface area contributed by atoms with Crippen molar-refractivity contribution in [1.29, 1.82) is 0 Å². The fourth-order valence-corrected chi connectivity index (χ4v) is 3.33. The van der Waals surface area contributed by atoms with E-state index in [1.807, 2.05) is 18.2 Å². The van der Waals surface area contributed by atoms with E-state index in [-0.39, 0.29) is 6.10 Å². The van der Waals surface area contributed by atoms with Crippen molar-refractivity contribution in [3.63, 3.8) is 0 Å². The van der Waals surface area contributed by atoms with Gasteiger partial charge >= 0.3 is 0 Å². The van der Waals surface area contributed by atoms with Crippen LogP contribution in [0, 0.1) is 11.8 Å². The maximum absolute atomic E-state index is 10.2. The first-order valence-electron chi connectivity index (χ1n) is 6.26. The number of aliphatic hydroxyl groups is 1. The highest BCUT2D eigenvalue weighted by molar-refractivity contribution is 7.18. The number of aromatic nitrogens is 1. The first-order chi connectivity index (χ1) is 8.24. The second kappa shape index (κ2) is 4.39. The lowest BCUT2D eigenvalue weighted by Crippen LogP contribution is -2.21. The predicted molar refractivity (Wildman–Crippen MR) is 71.2 cm³/mol. The van der Waals surface area contributed by atoms with Gasteiger partial charge in [-0.05, 0) is 36.8 Å². The summed E-state index contributed by atoms with van der Waals surface area (Å²) in [4.78, 5) is 4.57. The van der Waals surface area contributed by atoms with Crippen LogP contribution in [0.5, 0.6) is 0 Å². The van der Waals surface area contributed by atoms with Crippen LogP contribution < -0.4 is 0 Å². The maximum atomic E-state index is 10.2. The van der Waals surface area contributed by atoms with Crippen molar-refractivity contribution in [3.8, 4) is 0 Å². The van der Waals surface area contributed by atoms with Crippen molar-refractivity contribution in [1.82, 2.24) is 4.98 Å². The van der Waals surface area contributed by atoms with Gasteiger partial charge in [0.1, 0.15) is 0 Å². The zero-order chi connectivity index (χ0) is 11.8. The van der Waals surface area contributed by atoms with Crippen LogP contribution in [0.25, 0.3) is 10.2 Å². The van der Waals surface area contributed by atoms with Gasteiger partial charge in [0.05, 0.1) is 21.3 Å². The largest absolute Gasteiger partial charge is 0.392 e. The van der Waals surface area contributed by atoms with Gasteiger partial charge < -0.3 is 5.11 Å². The second-order valence-corrected chi connectivity index (χ2v) is 6.16. The molecule has 0 radical (unpaired) electrons. The fourth-order valence-electron chi connectivity index (χ4n) is 2.31. The summed E-state index contributed by atoms with van der Waals surface area (Å²) in [7, 11) is 0. The number of thiazole rings is 1. The molecule has 1 aromatic heterocycles. The Kier molecular flexibility index (Phi) is 2.89. The van der Waals surface area contributed by atoms with Gasteiger partial charge in [-0.15, -0.1) is 11.3 Å². The van der Waals surface area contributed by atoms with E-state index in [1.54, 1.807) is 11.3 Å². The first-order valence-corrected chi connectivity index (χ1v) is 7.08. The average Bonchev–Trinajstić information content (AvgIpc) is 3.08. The normalized spacial score (nSPS) is 19.4. The maximum Gasteiger partial charge on any atom is 0.0964 e. The molecule has 1 saturated carbocycles. The van der Waals surface area contributed by atoms with E-state index in [4.69, 9.17) is 0 Å². The molecule has 3 heteroatoms. The zero-order valence-corrected chi connectivity index (χ0v) is 10.8. The summed E-state index contributed by atoms with van der Waals surface area (Å²) in [6, 6.07) is 8.17. The molecule has 0 saturated heterocycles. The van der Waals surface area contributed by atoms with Gasteiger partial charge in [0.2, 0.25) is 0 Å². The Morgan fingerprint density at radius 2 is 2.18 bits per heavy atom. The lowest BCUT2D eigenvalue weighted by Gasteiger charge is -2.16. The molecule has 2 nitrogen and oxygen atoms in total. The Balaban J connectivity index is 1.75. The second-order valence-electron chi connectivity index (χ2n) is 5.04. The number of aliphatic hydroxyl groups excluding tert-OH is 1. The summed E-state index contributed by atoms with van der Waals surface area (Å²) < 4.78 is 1.22. The molecule has 2 atom stereocenters. The zero-order valence-electron chi connectivity index (χ0n) is 9.97. The van der Waals surface area contributed by atoms with Crippen molar-refractivity contribution in [2.24, 2.45) is 11.8 Å². The van der Waals surface area contributed by atoms with Crippen LogP contribution in [0.2, 0.25) is 0 Å². The minimum atomic E-state index is -0.233. The van der Waals surface area contributed by atoms with Gasteiger partial charge in [0, 0.05) is 6.42 Å². The molecule has 1 N–H and O–H groups in total. The number of nitrogens with zero attached hydrogens (tertiary/aromatic N) is 1. The van der Waals surface area contributed by atoms with Gasteiger partial charge in [-0.2, -0.15) is 0 Å². The molecule has 0 bridgehead atoms. The van der Waals surface area contributed by atoms with Crippen molar-refractivity contribution >= 4 is 21.6 Å². The van der Waals surface area contributed by atoms with Crippen LogP contribution in [0.4, 0.5) is 0 Å². The van der Waals surface area contributed by atoms with Crippen LogP contribution in [0.15, 0.2) is 24.3 Å². The summed E-state index contributed by atoms with van der Waals surface area (Å²) in [5.74, 6) is 1.17. The van der Waals surface area contributed by atoms with E-state index < -0.39 is 0 Å². The Bertz CT molecular complexity index is 485. The number of benzene rings is 1. The average molecular weight is 247 g/mol. The van der Waals surface area contributed by atoms with Crippen LogP contribution in [0.3, 0.4) is 0 Å². The van der Waals surface area contributed by atoms with Crippen molar-refractivity contribution in [2.45, 2.75) is 32.3 Å². The molecule has 1 fully saturated rings. The third-order valence-electron chi connectivity index (χ3n) is 3.69. The van der Waals surface area contributed by atoms with Gasteiger partial charge in [-0.25, -0.2) is 4.98 Å². The molecule has 0 spiro atoms. The fraction of sp³-hybridized carbons (Fsp3) is 0.500. The highest BCUT2D eigenvalue weighted by atomic mass is 32.1. The van der Waals surface area contributed by atoms with Crippen LogP contribution in [-0.2, 0) is 6.42 Å². The number of hydrogen-bond donors (Lipinski definition) is 1. The molecule has 2 aromatic rings. The Labute approximate surface area is 105 Å². The summed E-state index contributed by atoms with van der Waals surface area (Å²) in [5.41, 5.74) is 1.05. The molecule has 17 heavy (non-hydrogen) atoms. The van der Waals surface area contributed by atoms with Crippen LogP contribution in [0.1, 0.15) is 24.8 Å². The molecule has 2 unspecified atom stereocenters. The van der Waals surface area contributed by atoms with Crippen LogP contribution in [-0.4, -0.2) is 16.2 Å². The van der Waals surface area contributed by atoms with Gasteiger partial charge in [0.25, 0.3) is 0 Å². The minimum absolute atomic E-state index is 0.233. The summed E-state index contributed by atoms with van der Waals surface area (Å²) in [5, 5.41) is 11.2. The molecule has 0 aliphatic heterocycles. The summed E-state index contributed by atoms with van der Waals surface area (Å²) in [6.07, 6.45) is 3.05. The van der Waals surface area contributed by atoms with E-state index in [0.717, 1.165) is 16.4 Å². The SMILES string of the molecule is CC(C(O)Cc1nc2ccccc2s1)C1CC1. The molecule has 90 valence electrons. The number of para-hydroxylation sites is 1. The Morgan fingerprint density at radius 3 is 2.88 bits per heavy atom. The van der Waals surface area contributed by atoms with E-state index in [9.17, 15) is 5.11 Å². The van der Waals surface area contributed by atoms with Gasteiger partial charge in [-0.3, -0.25) is 0 Å². The lowest BCUT2D eigenvalue weighted by atomic mass is 9.97. The molecule has 0 amide bonds. The molecular weight excluding hydrogens is 230 g/mol. The van der Waals surface area contributed by atoms with Crippen LogP contribution >= 0.6 is 11.3 Å². The van der Waals surface area contributed by atoms with Crippen molar-refractivity contribution in [2.75, 3.05) is 0 Å². The standard InChI is InChI=1S/C14H17NOS/c1-9(10-6-7-10)12(16)8-14-15-11-4-2-3-5-13(11)17-14/h2-5,9-10,12,16H,6-8H2,1H3. The number of fused-ring (bicyclic) bond motifs is 1. The third kappa shape index (κ3) is 2.35. The topological polar surface area (TPSA) is 33.1 Å². The molecule has 1 heterocycles. The van der Waals surface area contributed by atoms with Crippen molar-refractivity contribution in [3.05, 3.63) is 29.3 Å². The Morgan fingerprint density at radius 1 is 1.41 bits per heavy atom. The monoisotopic (exact) mass is 247 g/mol. The summed E-state index contributed by atoms with van der Waals surface area (Å²) in [6.45, 7) is 2.16. The molecule has 1 aliphatic carbocycles. The van der Waals surface area contributed by atoms with E-state index in [2.05, 4.69) is 18.0 Å². The highest BCUT2D eigenvalue weighted by Gasteiger charge is 2.32. The highest BCUT2D eigenvalue weighted by Crippen LogP contribution is 2.39. The summed E-state index contributed by atoms with van der Waals surface area (Å²) >= 11 is 1.70. The third-order valence-corrected chi connectivity index (χ3v) is 4.75. The van der Waals surface area contributed by atoms with Gasteiger partial charge in [-0.1, -0.05) is 19.1 Å². The molecule has 3 rings (SSSR count). The minimum Gasteiger partial charge on any atom is -0.392 e. The quantitative estimate of drug-likeness (QED) is 0.899. The predicted octanol–water partition coefficient (Wildman–Crippen LogP) is 3.25. The van der Waals surface area contributed by atoms with E-state index in [1.165, 1.54) is 17.5 Å². The van der Waals surface area contributed by atoms with E-state index in [0.29, 0.717) is 12.3 Å². The Hall–Kier alpha value is -0.930. The molecule has 1 aromatic carbocycles.